The van der Waals surface area contributed by atoms with E-state index >= 15 is 0 Å². The first-order valence-electron chi connectivity index (χ1n) is 10.8. The highest BCUT2D eigenvalue weighted by Crippen LogP contribution is 2.41. The first-order valence-corrected chi connectivity index (χ1v) is 12.3. The Balaban J connectivity index is 1.81. The minimum atomic E-state index is -3.89. The number of rotatable bonds is 6. The number of ether oxygens (including phenoxy) is 1. The van der Waals surface area contributed by atoms with Gasteiger partial charge in [-0.05, 0) is 61.2 Å². The first-order chi connectivity index (χ1) is 15.6. The summed E-state index contributed by atoms with van der Waals surface area (Å²) in [7, 11) is -3.89. The molecule has 2 atom stereocenters. The fourth-order valence-corrected chi connectivity index (χ4v) is 5.67. The van der Waals surface area contributed by atoms with Gasteiger partial charge in [-0.2, -0.15) is 0 Å². The number of hydrogen-bond donors (Lipinski definition) is 1. The van der Waals surface area contributed by atoms with Crippen molar-refractivity contribution in [1.29, 1.82) is 0 Å². The van der Waals surface area contributed by atoms with Crippen molar-refractivity contribution in [3.63, 3.8) is 0 Å². The minimum Gasteiger partial charge on any atom is -0.486 e. The number of fused-ring (bicyclic) bond motifs is 1. The maximum Gasteiger partial charge on any atom is 0.306 e. The molecule has 0 fully saturated rings. The monoisotopic (exact) mass is 465 g/mol. The van der Waals surface area contributed by atoms with Gasteiger partial charge in [-0.1, -0.05) is 55.0 Å². The van der Waals surface area contributed by atoms with E-state index in [1.807, 2.05) is 56.3 Å². The maximum absolute atomic E-state index is 13.7. The van der Waals surface area contributed by atoms with E-state index in [0.29, 0.717) is 11.4 Å². The van der Waals surface area contributed by atoms with Gasteiger partial charge in [-0.3, -0.25) is 9.10 Å². The van der Waals surface area contributed by atoms with Gasteiger partial charge in [0, 0.05) is 0 Å². The van der Waals surface area contributed by atoms with E-state index < -0.39 is 28.0 Å². The zero-order chi connectivity index (χ0) is 23.8. The standard InChI is InChI=1S/C26H27NO5S/c1-17-6-4-8-20(12-17)21-10-11-25-24(15-21)27(16-22(32-25)14-19(3)26(28)29)33(30,31)23-9-5-7-18(2)13-23/h4-13,15,19,22H,14,16H2,1-3H3,(H,28,29)/t19-,22+/m1/s1. The van der Waals surface area contributed by atoms with Crippen LogP contribution in [0.15, 0.2) is 71.6 Å². The number of sulfonamides is 1. The second-order valence-corrected chi connectivity index (χ2v) is 10.5. The Morgan fingerprint density at radius 2 is 1.70 bits per heavy atom. The average Bonchev–Trinajstić information content (AvgIpc) is 2.78. The predicted molar refractivity (Wildman–Crippen MR) is 128 cm³/mol. The minimum absolute atomic E-state index is 0.0398. The van der Waals surface area contributed by atoms with Crippen molar-refractivity contribution >= 4 is 21.7 Å². The molecule has 4 rings (SSSR count). The third kappa shape index (κ3) is 4.73. The zero-order valence-electron chi connectivity index (χ0n) is 18.9. The van der Waals surface area contributed by atoms with E-state index in [9.17, 15) is 18.3 Å². The molecule has 1 aliphatic rings. The van der Waals surface area contributed by atoms with Crippen molar-refractivity contribution in [3.05, 3.63) is 77.9 Å². The lowest BCUT2D eigenvalue weighted by Crippen LogP contribution is -2.44. The van der Waals surface area contributed by atoms with E-state index in [1.165, 1.54) is 4.31 Å². The maximum atomic E-state index is 13.7. The van der Waals surface area contributed by atoms with E-state index in [1.54, 1.807) is 31.2 Å². The quantitative estimate of drug-likeness (QED) is 0.552. The van der Waals surface area contributed by atoms with E-state index in [0.717, 1.165) is 22.3 Å². The number of carboxylic acids is 1. The van der Waals surface area contributed by atoms with Crippen LogP contribution in [0.4, 0.5) is 5.69 Å². The lowest BCUT2D eigenvalue weighted by Gasteiger charge is -2.36. The highest BCUT2D eigenvalue weighted by atomic mass is 32.2. The van der Waals surface area contributed by atoms with Gasteiger partial charge in [-0.15, -0.1) is 0 Å². The Labute approximate surface area is 194 Å². The van der Waals surface area contributed by atoms with E-state index in [-0.39, 0.29) is 17.9 Å². The van der Waals surface area contributed by atoms with Gasteiger partial charge in [0.15, 0.2) is 0 Å². The number of nitrogens with zero attached hydrogens (tertiary/aromatic N) is 1. The van der Waals surface area contributed by atoms with Crippen LogP contribution in [-0.2, 0) is 14.8 Å². The summed E-state index contributed by atoms with van der Waals surface area (Å²) in [5, 5.41) is 9.34. The molecule has 0 saturated heterocycles. The fourth-order valence-electron chi connectivity index (χ4n) is 4.06. The van der Waals surface area contributed by atoms with Crippen molar-refractivity contribution in [2.24, 2.45) is 5.92 Å². The number of carboxylic acid groups (broad SMARTS) is 1. The molecule has 3 aromatic rings. The summed E-state index contributed by atoms with van der Waals surface area (Å²) < 4.78 is 34.9. The van der Waals surface area contributed by atoms with Crippen LogP contribution in [0.25, 0.3) is 11.1 Å². The van der Waals surface area contributed by atoms with Crippen molar-refractivity contribution in [1.82, 2.24) is 0 Å². The molecule has 0 aromatic heterocycles. The van der Waals surface area contributed by atoms with Gasteiger partial charge < -0.3 is 9.84 Å². The predicted octanol–water partition coefficient (Wildman–Crippen LogP) is 5.04. The summed E-state index contributed by atoms with van der Waals surface area (Å²) in [6.45, 7) is 5.49. The highest BCUT2D eigenvalue weighted by molar-refractivity contribution is 7.92. The topological polar surface area (TPSA) is 83.9 Å². The van der Waals surface area contributed by atoms with Gasteiger partial charge >= 0.3 is 5.97 Å². The van der Waals surface area contributed by atoms with Gasteiger partial charge in [0.05, 0.1) is 23.0 Å². The van der Waals surface area contributed by atoms with Crippen LogP contribution < -0.4 is 9.04 Å². The number of hydrogen-bond acceptors (Lipinski definition) is 4. The molecule has 0 amide bonds. The number of aliphatic carboxylic acids is 1. The molecule has 6 nitrogen and oxygen atoms in total. The molecule has 1 N–H and O–H groups in total. The van der Waals surface area contributed by atoms with Crippen LogP contribution in [-0.4, -0.2) is 32.1 Å². The van der Waals surface area contributed by atoms with E-state index in [4.69, 9.17) is 4.74 Å². The SMILES string of the molecule is Cc1cccc(-c2ccc3c(c2)N(S(=O)(=O)c2cccc(C)c2)C[C@H](C[C@@H](C)C(=O)O)O3)c1. The molecule has 0 spiro atoms. The molecular weight excluding hydrogens is 438 g/mol. The largest absolute Gasteiger partial charge is 0.486 e. The summed E-state index contributed by atoms with van der Waals surface area (Å²) in [6, 6.07) is 20.3. The second kappa shape index (κ2) is 8.90. The van der Waals surface area contributed by atoms with Crippen LogP contribution in [0.3, 0.4) is 0 Å². The second-order valence-electron chi connectivity index (χ2n) is 8.62. The molecule has 0 aliphatic carbocycles. The zero-order valence-corrected chi connectivity index (χ0v) is 19.7. The third-order valence-corrected chi connectivity index (χ3v) is 7.63. The van der Waals surface area contributed by atoms with Gasteiger partial charge in [-0.25, -0.2) is 8.42 Å². The molecule has 3 aromatic carbocycles. The molecule has 0 radical (unpaired) electrons. The number of anilines is 1. The number of aryl methyl sites for hydroxylation is 2. The Morgan fingerprint density at radius 1 is 1.03 bits per heavy atom. The van der Waals surface area contributed by atoms with Crippen LogP contribution in [0.2, 0.25) is 0 Å². The summed E-state index contributed by atoms with van der Waals surface area (Å²) >= 11 is 0. The smallest absolute Gasteiger partial charge is 0.306 e. The molecule has 7 heteroatoms. The average molecular weight is 466 g/mol. The number of benzene rings is 3. The third-order valence-electron chi connectivity index (χ3n) is 5.86. The molecule has 1 heterocycles. The Hall–Kier alpha value is -3.32. The van der Waals surface area contributed by atoms with Crippen molar-refractivity contribution in [2.45, 2.75) is 38.2 Å². The van der Waals surface area contributed by atoms with Crippen LogP contribution in [0.1, 0.15) is 24.5 Å². The van der Waals surface area contributed by atoms with Gasteiger partial charge in [0.2, 0.25) is 0 Å². The Kier molecular flexibility index (Phi) is 6.17. The Morgan fingerprint density at radius 3 is 2.36 bits per heavy atom. The summed E-state index contributed by atoms with van der Waals surface area (Å²) in [5.74, 6) is -1.17. The number of carbonyl (C=O) groups is 1. The first kappa shape index (κ1) is 22.9. The Bertz CT molecular complexity index is 1300. The lowest BCUT2D eigenvalue weighted by molar-refractivity contribution is -0.142. The fraction of sp³-hybridized carbons (Fsp3) is 0.269. The van der Waals surface area contributed by atoms with Crippen molar-refractivity contribution in [3.8, 4) is 16.9 Å². The molecule has 0 bridgehead atoms. The van der Waals surface area contributed by atoms with Crippen LogP contribution in [0, 0.1) is 19.8 Å². The lowest BCUT2D eigenvalue weighted by atomic mass is 10.0. The molecule has 0 unspecified atom stereocenters. The summed E-state index contributed by atoms with van der Waals surface area (Å²) in [4.78, 5) is 11.6. The molecule has 0 saturated carbocycles. The highest BCUT2D eigenvalue weighted by Gasteiger charge is 2.36. The normalized spacial score (nSPS) is 16.6. The van der Waals surface area contributed by atoms with Crippen LogP contribution >= 0.6 is 0 Å². The van der Waals surface area contributed by atoms with Crippen molar-refractivity contribution < 1.29 is 23.1 Å². The molecule has 1 aliphatic heterocycles. The molecular formula is C26H27NO5S. The van der Waals surface area contributed by atoms with Gasteiger partial charge in [0.25, 0.3) is 10.0 Å². The van der Waals surface area contributed by atoms with Gasteiger partial charge in [0.1, 0.15) is 11.9 Å². The molecule has 33 heavy (non-hydrogen) atoms. The summed E-state index contributed by atoms with van der Waals surface area (Å²) in [5.41, 5.74) is 4.26. The van der Waals surface area contributed by atoms with Crippen LogP contribution in [0.5, 0.6) is 5.75 Å². The van der Waals surface area contributed by atoms with Crippen molar-refractivity contribution in [2.75, 3.05) is 10.8 Å². The summed E-state index contributed by atoms with van der Waals surface area (Å²) in [6.07, 6.45) is -0.373. The molecule has 172 valence electrons. The van der Waals surface area contributed by atoms with E-state index in [2.05, 4.69) is 0 Å².